The summed E-state index contributed by atoms with van der Waals surface area (Å²) >= 11 is 0. The van der Waals surface area contributed by atoms with Crippen LogP contribution in [0.1, 0.15) is 49.7 Å². The van der Waals surface area contributed by atoms with Crippen LogP contribution in [0.2, 0.25) is 0 Å². The molecule has 24 heavy (non-hydrogen) atoms. The van der Waals surface area contributed by atoms with E-state index in [0.717, 1.165) is 37.8 Å². The summed E-state index contributed by atoms with van der Waals surface area (Å²) in [5.74, 6) is 0.728. The molecular formula is C20H27N3O. The Morgan fingerprint density at radius 1 is 1.33 bits per heavy atom. The van der Waals surface area contributed by atoms with E-state index in [1.54, 1.807) is 4.68 Å². The third-order valence-electron chi connectivity index (χ3n) is 5.14. The first-order chi connectivity index (χ1) is 11.7. The smallest absolute Gasteiger partial charge is 0.223 e. The number of aryl methyl sites for hydroxylation is 2. The van der Waals surface area contributed by atoms with Crippen LogP contribution in [0.3, 0.4) is 0 Å². The highest BCUT2D eigenvalue weighted by molar-refractivity contribution is 5.77. The van der Waals surface area contributed by atoms with Gasteiger partial charge in [0, 0.05) is 38.2 Å². The number of carbonyl (C=O) groups is 1. The van der Waals surface area contributed by atoms with Crippen LogP contribution < -0.4 is 0 Å². The second kappa shape index (κ2) is 7.65. The Bertz CT molecular complexity index is 665. The van der Waals surface area contributed by atoms with Gasteiger partial charge in [0.05, 0.1) is 6.20 Å². The molecule has 1 aliphatic heterocycles. The fourth-order valence-electron chi connectivity index (χ4n) is 3.95. The van der Waals surface area contributed by atoms with Crippen molar-refractivity contribution in [3.63, 3.8) is 0 Å². The number of hydrogen-bond donors (Lipinski definition) is 0. The molecule has 1 aromatic heterocycles. The molecule has 0 radical (unpaired) electrons. The van der Waals surface area contributed by atoms with Gasteiger partial charge in [-0.25, -0.2) is 0 Å². The fraction of sp³-hybridized carbons (Fsp3) is 0.500. The van der Waals surface area contributed by atoms with Gasteiger partial charge in [-0.1, -0.05) is 37.3 Å². The van der Waals surface area contributed by atoms with E-state index < -0.39 is 0 Å². The number of aromatic nitrogens is 2. The van der Waals surface area contributed by atoms with Crippen molar-refractivity contribution in [2.75, 3.05) is 6.54 Å². The maximum atomic E-state index is 12.8. The standard InChI is InChI=1S/C20H27N3O/c1-3-18(17-8-5-4-6-9-17)19-10-7-13-23(19)20(24)12-11-16-14-21-22(2)15-16/h4-6,8-9,14-15,18-19H,3,7,10-13H2,1-2H3/t18-,19-/m1/s1. The summed E-state index contributed by atoms with van der Waals surface area (Å²) in [4.78, 5) is 14.9. The highest BCUT2D eigenvalue weighted by Gasteiger charge is 2.34. The molecule has 4 nitrogen and oxygen atoms in total. The molecule has 2 atom stereocenters. The van der Waals surface area contributed by atoms with Crippen molar-refractivity contribution in [2.24, 2.45) is 7.05 Å². The molecule has 2 aromatic rings. The number of amides is 1. The van der Waals surface area contributed by atoms with Crippen molar-refractivity contribution < 1.29 is 4.79 Å². The minimum Gasteiger partial charge on any atom is -0.339 e. The lowest BCUT2D eigenvalue weighted by molar-refractivity contribution is -0.132. The summed E-state index contributed by atoms with van der Waals surface area (Å²) in [6, 6.07) is 11.0. The van der Waals surface area contributed by atoms with Crippen molar-refractivity contribution in [1.29, 1.82) is 0 Å². The Labute approximate surface area is 144 Å². The van der Waals surface area contributed by atoms with Crippen LogP contribution in [-0.2, 0) is 18.3 Å². The molecule has 0 saturated carbocycles. The molecule has 0 aliphatic carbocycles. The molecule has 0 spiro atoms. The number of carbonyl (C=O) groups excluding carboxylic acids is 1. The number of benzene rings is 1. The monoisotopic (exact) mass is 325 g/mol. The van der Waals surface area contributed by atoms with E-state index in [2.05, 4.69) is 47.3 Å². The highest BCUT2D eigenvalue weighted by Crippen LogP contribution is 2.34. The van der Waals surface area contributed by atoms with Gasteiger partial charge >= 0.3 is 0 Å². The summed E-state index contributed by atoms with van der Waals surface area (Å²) in [6.45, 7) is 3.13. The first-order valence-electron chi connectivity index (χ1n) is 9.01. The molecule has 1 aromatic carbocycles. The van der Waals surface area contributed by atoms with Crippen molar-refractivity contribution in [2.45, 2.75) is 51.0 Å². The van der Waals surface area contributed by atoms with Crippen LogP contribution in [0.4, 0.5) is 0 Å². The summed E-state index contributed by atoms with van der Waals surface area (Å²) in [5.41, 5.74) is 2.49. The zero-order valence-electron chi connectivity index (χ0n) is 14.7. The van der Waals surface area contributed by atoms with Crippen LogP contribution in [-0.4, -0.2) is 33.2 Å². The van der Waals surface area contributed by atoms with Gasteiger partial charge in [-0.05, 0) is 36.8 Å². The number of likely N-dealkylation sites (tertiary alicyclic amines) is 1. The van der Waals surface area contributed by atoms with Gasteiger partial charge in [-0.3, -0.25) is 9.48 Å². The minimum atomic E-state index is 0.288. The Hall–Kier alpha value is -2.10. The van der Waals surface area contributed by atoms with Crippen molar-refractivity contribution in [1.82, 2.24) is 14.7 Å². The summed E-state index contributed by atoms with van der Waals surface area (Å²) in [7, 11) is 1.91. The Morgan fingerprint density at radius 3 is 2.79 bits per heavy atom. The number of nitrogens with zero attached hydrogens (tertiary/aromatic N) is 3. The van der Waals surface area contributed by atoms with E-state index in [1.807, 2.05) is 19.4 Å². The average Bonchev–Trinajstić information content (AvgIpc) is 3.24. The van der Waals surface area contributed by atoms with Gasteiger partial charge in [-0.15, -0.1) is 0 Å². The van der Waals surface area contributed by atoms with Gasteiger partial charge in [-0.2, -0.15) is 5.10 Å². The van der Waals surface area contributed by atoms with Crippen LogP contribution in [0.5, 0.6) is 0 Å². The van der Waals surface area contributed by atoms with Crippen LogP contribution in [0.15, 0.2) is 42.7 Å². The first kappa shape index (κ1) is 16.7. The quantitative estimate of drug-likeness (QED) is 0.815. The lowest BCUT2D eigenvalue weighted by atomic mass is 9.87. The topological polar surface area (TPSA) is 38.1 Å². The van der Waals surface area contributed by atoms with E-state index in [4.69, 9.17) is 0 Å². The molecule has 1 saturated heterocycles. The molecule has 128 valence electrons. The maximum absolute atomic E-state index is 12.8. The SMILES string of the molecule is CC[C@H](c1ccccc1)[C@H]1CCCN1C(=O)CCc1cnn(C)c1. The first-order valence-corrected chi connectivity index (χ1v) is 9.01. The predicted molar refractivity (Wildman–Crippen MR) is 95.7 cm³/mol. The van der Waals surface area contributed by atoms with E-state index in [0.29, 0.717) is 18.4 Å². The Balaban J connectivity index is 1.66. The molecule has 0 unspecified atom stereocenters. The Morgan fingerprint density at radius 2 is 2.12 bits per heavy atom. The van der Waals surface area contributed by atoms with Crippen molar-refractivity contribution in [3.8, 4) is 0 Å². The molecule has 1 amide bonds. The fourth-order valence-corrected chi connectivity index (χ4v) is 3.95. The second-order valence-corrected chi connectivity index (χ2v) is 6.74. The summed E-state index contributed by atoms with van der Waals surface area (Å²) in [5, 5.41) is 4.18. The van der Waals surface area contributed by atoms with Crippen LogP contribution in [0.25, 0.3) is 0 Å². The van der Waals surface area contributed by atoms with E-state index >= 15 is 0 Å². The highest BCUT2D eigenvalue weighted by atomic mass is 16.2. The molecular weight excluding hydrogens is 298 g/mol. The van der Waals surface area contributed by atoms with E-state index in [9.17, 15) is 4.79 Å². The lowest BCUT2D eigenvalue weighted by Crippen LogP contribution is -2.39. The normalized spacial score (nSPS) is 18.8. The zero-order valence-corrected chi connectivity index (χ0v) is 14.7. The minimum absolute atomic E-state index is 0.288. The molecule has 4 heteroatoms. The van der Waals surface area contributed by atoms with Gasteiger partial charge < -0.3 is 4.90 Å². The van der Waals surface area contributed by atoms with Gasteiger partial charge in [0.1, 0.15) is 0 Å². The lowest BCUT2D eigenvalue weighted by Gasteiger charge is -2.31. The molecule has 3 rings (SSSR count). The van der Waals surface area contributed by atoms with E-state index in [-0.39, 0.29) is 5.91 Å². The third-order valence-corrected chi connectivity index (χ3v) is 5.14. The largest absolute Gasteiger partial charge is 0.339 e. The molecule has 1 fully saturated rings. The van der Waals surface area contributed by atoms with Gasteiger partial charge in [0.15, 0.2) is 0 Å². The number of hydrogen-bond acceptors (Lipinski definition) is 2. The predicted octanol–water partition coefficient (Wildman–Crippen LogP) is 3.54. The van der Waals surface area contributed by atoms with Crippen molar-refractivity contribution in [3.05, 3.63) is 53.9 Å². The Kier molecular flexibility index (Phi) is 5.34. The average molecular weight is 325 g/mol. The van der Waals surface area contributed by atoms with E-state index in [1.165, 1.54) is 5.56 Å². The summed E-state index contributed by atoms with van der Waals surface area (Å²) < 4.78 is 1.79. The van der Waals surface area contributed by atoms with Gasteiger partial charge in [0.25, 0.3) is 0 Å². The second-order valence-electron chi connectivity index (χ2n) is 6.74. The van der Waals surface area contributed by atoms with Crippen LogP contribution >= 0.6 is 0 Å². The summed E-state index contributed by atoms with van der Waals surface area (Å²) in [6.07, 6.45) is 8.51. The molecule has 0 bridgehead atoms. The van der Waals surface area contributed by atoms with Crippen molar-refractivity contribution >= 4 is 5.91 Å². The maximum Gasteiger partial charge on any atom is 0.223 e. The third kappa shape index (κ3) is 3.69. The zero-order chi connectivity index (χ0) is 16.9. The molecule has 2 heterocycles. The molecule has 1 aliphatic rings. The molecule has 0 N–H and O–H groups in total. The van der Waals surface area contributed by atoms with Gasteiger partial charge in [0.2, 0.25) is 5.91 Å². The van der Waals surface area contributed by atoms with Crippen LogP contribution in [0, 0.1) is 0 Å². The number of rotatable bonds is 6.